The molecule has 0 aromatic carbocycles. The van der Waals surface area contributed by atoms with E-state index in [1.807, 2.05) is 0 Å². The van der Waals surface area contributed by atoms with Gasteiger partial charge in [-0.3, -0.25) is 9.78 Å². The molecule has 0 fully saturated rings. The first kappa shape index (κ1) is 22.1. The fourth-order valence-corrected chi connectivity index (χ4v) is 2.72. The molecule has 0 aliphatic carbocycles. The van der Waals surface area contributed by atoms with Gasteiger partial charge in [0.25, 0.3) is 5.91 Å². The molecule has 144 valence electrons. The topological polar surface area (TPSA) is 96.8 Å². The van der Waals surface area contributed by atoms with Gasteiger partial charge in [0.05, 0.1) is 5.56 Å². The number of nitrogens with zero attached hydrogens (tertiary/aromatic N) is 2. The van der Waals surface area contributed by atoms with Crippen LogP contribution in [-0.4, -0.2) is 50.4 Å². The second kappa shape index (κ2) is 9.66. The molecule has 0 unspecified atom stereocenters. The Hall–Kier alpha value is -1.96. The second-order valence-electron chi connectivity index (χ2n) is 6.68. The van der Waals surface area contributed by atoms with Gasteiger partial charge >= 0.3 is 12.1 Å². The lowest BCUT2D eigenvalue weighted by molar-refractivity contribution is 0.0237. The summed E-state index contributed by atoms with van der Waals surface area (Å²) in [5.41, 5.74) is -0.471. The molecule has 1 rings (SSSR count). The van der Waals surface area contributed by atoms with Crippen LogP contribution < -0.4 is 0 Å². The number of carboxylic acids is 1. The molecule has 26 heavy (non-hydrogen) atoms. The monoisotopic (exact) mass is 428 g/mol. The highest BCUT2D eigenvalue weighted by Gasteiger charge is 2.30. The number of carbonyl (C=O) groups excluding carboxylic acids is 2. The first-order valence-electron chi connectivity index (χ1n) is 8.44. The lowest BCUT2D eigenvalue weighted by Crippen LogP contribution is -2.42. The van der Waals surface area contributed by atoms with Gasteiger partial charge in [0.2, 0.25) is 0 Å². The summed E-state index contributed by atoms with van der Waals surface area (Å²) in [5, 5.41) is 10.1. The molecule has 0 saturated carbocycles. The minimum absolute atomic E-state index is 0.00967. The zero-order valence-electron chi connectivity index (χ0n) is 15.5. The van der Waals surface area contributed by atoms with Crippen molar-refractivity contribution in [3.8, 4) is 0 Å². The van der Waals surface area contributed by atoms with Crippen LogP contribution in [0.4, 0.5) is 4.79 Å². The molecule has 0 bridgehead atoms. The van der Waals surface area contributed by atoms with Gasteiger partial charge in [0.1, 0.15) is 11.3 Å². The molecular weight excluding hydrogens is 404 g/mol. The molecule has 1 heterocycles. The van der Waals surface area contributed by atoms with Crippen LogP contribution in [0.3, 0.4) is 0 Å². The number of carboxylic acid groups (broad SMARTS) is 1. The molecule has 0 radical (unpaired) electrons. The zero-order valence-corrected chi connectivity index (χ0v) is 17.1. The number of alkyl halides is 1. The Morgan fingerprint density at radius 1 is 1.27 bits per heavy atom. The van der Waals surface area contributed by atoms with Gasteiger partial charge in [-0.15, -0.1) is 0 Å². The standard InChI is InChI=1S/C18H25BrN2O5/c1-5-12-13(16(23)24)8-10-20-14(12)15(22)21(11-7-6-9-19)17(25)26-18(2,3)4/h8,10H,5-7,9,11H2,1-4H3,(H,23,24). The molecule has 0 aliphatic rings. The Labute approximate surface area is 161 Å². The molecule has 0 spiro atoms. The van der Waals surface area contributed by atoms with E-state index in [0.29, 0.717) is 18.4 Å². The van der Waals surface area contributed by atoms with E-state index in [4.69, 9.17) is 4.74 Å². The average molecular weight is 429 g/mol. The van der Waals surface area contributed by atoms with E-state index in [9.17, 15) is 19.5 Å². The van der Waals surface area contributed by atoms with Crippen LogP contribution in [0.1, 0.15) is 66.9 Å². The van der Waals surface area contributed by atoms with Crippen LogP contribution in [0, 0.1) is 0 Å². The highest BCUT2D eigenvalue weighted by atomic mass is 79.9. The van der Waals surface area contributed by atoms with Crippen LogP contribution in [0.2, 0.25) is 0 Å². The second-order valence-corrected chi connectivity index (χ2v) is 7.47. The van der Waals surface area contributed by atoms with E-state index in [1.165, 1.54) is 12.3 Å². The van der Waals surface area contributed by atoms with Gasteiger partial charge in [0, 0.05) is 18.1 Å². The number of amides is 2. The number of carbonyl (C=O) groups is 3. The molecule has 1 N–H and O–H groups in total. The van der Waals surface area contributed by atoms with Gasteiger partial charge < -0.3 is 9.84 Å². The summed E-state index contributed by atoms with van der Waals surface area (Å²) >= 11 is 3.32. The largest absolute Gasteiger partial charge is 0.478 e. The number of pyridine rings is 1. The minimum atomic E-state index is -1.14. The van der Waals surface area contributed by atoms with Crippen molar-refractivity contribution in [2.75, 3.05) is 11.9 Å². The van der Waals surface area contributed by atoms with Gasteiger partial charge in [-0.1, -0.05) is 22.9 Å². The van der Waals surface area contributed by atoms with Gasteiger partial charge in [-0.05, 0) is 51.7 Å². The van der Waals surface area contributed by atoms with Crippen LogP contribution >= 0.6 is 15.9 Å². The summed E-state index contributed by atoms with van der Waals surface area (Å²) in [6.07, 6.45) is 2.18. The van der Waals surface area contributed by atoms with E-state index in [0.717, 1.165) is 16.7 Å². The summed E-state index contributed by atoms with van der Waals surface area (Å²) in [4.78, 5) is 42.0. The zero-order chi connectivity index (χ0) is 19.9. The maximum atomic E-state index is 13.0. The van der Waals surface area contributed by atoms with E-state index < -0.39 is 23.6 Å². The number of halogens is 1. The Kier molecular flexibility index (Phi) is 8.20. The summed E-state index contributed by atoms with van der Waals surface area (Å²) in [6, 6.07) is 1.35. The number of aromatic nitrogens is 1. The molecule has 0 aliphatic heterocycles. The number of rotatable bonds is 7. The van der Waals surface area contributed by atoms with E-state index in [-0.39, 0.29) is 17.8 Å². The number of hydrogen-bond donors (Lipinski definition) is 1. The van der Waals surface area contributed by atoms with Crippen molar-refractivity contribution in [3.05, 3.63) is 29.1 Å². The van der Waals surface area contributed by atoms with Crippen molar-refractivity contribution in [1.29, 1.82) is 0 Å². The van der Waals surface area contributed by atoms with Crippen molar-refractivity contribution < 1.29 is 24.2 Å². The van der Waals surface area contributed by atoms with Gasteiger partial charge in [0.15, 0.2) is 0 Å². The quantitative estimate of drug-likeness (QED) is 0.522. The predicted octanol–water partition coefficient (Wildman–Crippen LogP) is 3.89. The molecule has 8 heteroatoms. The van der Waals surface area contributed by atoms with Crippen molar-refractivity contribution in [2.24, 2.45) is 0 Å². The van der Waals surface area contributed by atoms with E-state index >= 15 is 0 Å². The minimum Gasteiger partial charge on any atom is -0.478 e. The Morgan fingerprint density at radius 3 is 2.42 bits per heavy atom. The van der Waals surface area contributed by atoms with Crippen molar-refractivity contribution in [3.63, 3.8) is 0 Å². The predicted molar refractivity (Wildman–Crippen MR) is 101 cm³/mol. The number of unbranched alkanes of at least 4 members (excludes halogenated alkanes) is 1. The normalized spacial score (nSPS) is 11.1. The Morgan fingerprint density at radius 2 is 1.92 bits per heavy atom. The fraction of sp³-hybridized carbons (Fsp3) is 0.556. The SMILES string of the molecule is CCc1c(C(=O)O)ccnc1C(=O)N(CCCCBr)C(=O)OC(C)(C)C. The molecular formula is C18H25BrN2O5. The van der Waals surface area contributed by atoms with Crippen molar-refractivity contribution >= 4 is 33.9 Å². The molecule has 0 atom stereocenters. The molecule has 2 amide bonds. The van der Waals surface area contributed by atoms with Crippen LogP contribution in [0.25, 0.3) is 0 Å². The van der Waals surface area contributed by atoms with Crippen molar-refractivity contribution in [2.45, 2.75) is 52.6 Å². The lowest BCUT2D eigenvalue weighted by atomic mass is 10.0. The van der Waals surface area contributed by atoms with Crippen LogP contribution in [0.15, 0.2) is 12.3 Å². The smallest absolute Gasteiger partial charge is 0.417 e. The number of imide groups is 1. The Bertz CT molecular complexity index is 670. The maximum Gasteiger partial charge on any atom is 0.417 e. The van der Waals surface area contributed by atoms with E-state index in [1.54, 1.807) is 27.7 Å². The molecule has 1 aromatic rings. The van der Waals surface area contributed by atoms with Gasteiger partial charge in [-0.2, -0.15) is 0 Å². The average Bonchev–Trinajstić information content (AvgIpc) is 2.55. The highest BCUT2D eigenvalue weighted by Crippen LogP contribution is 2.18. The number of hydrogen-bond acceptors (Lipinski definition) is 5. The number of aromatic carboxylic acids is 1. The summed E-state index contributed by atoms with van der Waals surface area (Å²) in [7, 11) is 0. The first-order valence-corrected chi connectivity index (χ1v) is 9.56. The molecule has 1 aromatic heterocycles. The molecule has 0 saturated heterocycles. The maximum absolute atomic E-state index is 13.0. The summed E-state index contributed by atoms with van der Waals surface area (Å²) in [5.74, 6) is -1.78. The highest BCUT2D eigenvalue weighted by molar-refractivity contribution is 9.09. The van der Waals surface area contributed by atoms with Crippen molar-refractivity contribution in [1.82, 2.24) is 9.88 Å². The Balaban J connectivity index is 3.25. The third kappa shape index (κ3) is 6.09. The van der Waals surface area contributed by atoms with Crippen LogP contribution in [-0.2, 0) is 11.2 Å². The third-order valence-corrected chi connectivity index (χ3v) is 4.03. The first-order chi connectivity index (χ1) is 12.1. The third-order valence-electron chi connectivity index (χ3n) is 3.47. The van der Waals surface area contributed by atoms with Gasteiger partial charge in [-0.25, -0.2) is 14.5 Å². The van der Waals surface area contributed by atoms with E-state index in [2.05, 4.69) is 20.9 Å². The van der Waals surface area contributed by atoms with Crippen LogP contribution in [0.5, 0.6) is 0 Å². The number of ether oxygens (including phenoxy) is 1. The summed E-state index contributed by atoms with van der Waals surface area (Å²) < 4.78 is 5.33. The lowest BCUT2D eigenvalue weighted by Gasteiger charge is -2.26. The molecule has 7 nitrogen and oxygen atoms in total. The summed E-state index contributed by atoms with van der Waals surface area (Å²) in [6.45, 7) is 7.05. The fourth-order valence-electron chi connectivity index (χ4n) is 2.32.